The summed E-state index contributed by atoms with van der Waals surface area (Å²) in [7, 11) is 1.65. The summed E-state index contributed by atoms with van der Waals surface area (Å²) in [6.07, 6.45) is 0. The molecule has 0 spiro atoms. The van der Waals surface area contributed by atoms with E-state index >= 15 is 0 Å². The number of carbonyl (C=O) groups is 1. The number of para-hydroxylation sites is 1. The average molecular weight is 234 g/mol. The number of rotatable bonds is 2. The predicted molar refractivity (Wildman–Crippen MR) is 68.7 cm³/mol. The Kier molecular flexibility index (Phi) is 2.96. The zero-order valence-electron chi connectivity index (χ0n) is 10.7. The van der Waals surface area contributed by atoms with Crippen molar-refractivity contribution in [1.29, 1.82) is 0 Å². The van der Waals surface area contributed by atoms with Crippen molar-refractivity contribution in [1.82, 2.24) is 0 Å². The van der Waals surface area contributed by atoms with Gasteiger partial charge in [-0.3, -0.25) is 4.79 Å². The first-order chi connectivity index (χ1) is 8.06. The number of hydrogen-bond acceptors (Lipinski definition) is 3. The molecule has 92 valence electrons. The Bertz CT molecular complexity index is 443. The van der Waals surface area contributed by atoms with Crippen LogP contribution in [0.3, 0.4) is 0 Å². The van der Waals surface area contributed by atoms with Crippen LogP contribution in [0.1, 0.15) is 20.8 Å². The van der Waals surface area contributed by atoms with Gasteiger partial charge in [-0.1, -0.05) is 6.07 Å². The number of anilines is 2. The molecule has 1 N–H and O–H groups in total. The number of fused-ring (bicyclic) bond motifs is 1. The number of nitrogens with one attached hydrogen (secondary N) is 1. The van der Waals surface area contributed by atoms with Gasteiger partial charge in [0.05, 0.1) is 12.8 Å². The Balaban J connectivity index is 2.59. The van der Waals surface area contributed by atoms with Crippen molar-refractivity contribution in [3.05, 3.63) is 18.2 Å². The van der Waals surface area contributed by atoms with Crippen molar-refractivity contribution >= 4 is 17.3 Å². The summed E-state index contributed by atoms with van der Waals surface area (Å²) >= 11 is 0. The highest BCUT2D eigenvalue weighted by Crippen LogP contribution is 2.40. The normalized spacial score (nSPS) is 19.0. The van der Waals surface area contributed by atoms with E-state index in [4.69, 9.17) is 4.74 Å². The first-order valence-corrected chi connectivity index (χ1v) is 5.82. The number of nitrogens with zero attached hydrogens (tertiary/aromatic N) is 1. The third-order valence-corrected chi connectivity index (χ3v) is 3.09. The van der Waals surface area contributed by atoms with E-state index in [-0.39, 0.29) is 18.0 Å². The van der Waals surface area contributed by atoms with Gasteiger partial charge in [-0.2, -0.15) is 0 Å². The van der Waals surface area contributed by atoms with Crippen molar-refractivity contribution in [2.24, 2.45) is 0 Å². The Morgan fingerprint density at radius 1 is 1.41 bits per heavy atom. The van der Waals surface area contributed by atoms with E-state index in [2.05, 4.69) is 24.1 Å². The van der Waals surface area contributed by atoms with Gasteiger partial charge in [0.15, 0.2) is 0 Å². The highest BCUT2D eigenvalue weighted by molar-refractivity contribution is 6.04. The molecule has 0 saturated carbocycles. The molecule has 17 heavy (non-hydrogen) atoms. The molecule has 0 aliphatic carbocycles. The lowest BCUT2D eigenvalue weighted by Crippen LogP contribution is -2.49. The summed E-state index contributed by atoms with van der Waals surface area (Å²) in [5.74, 6) is 0.822. The zero-order valence-corrected chi connectivity index (χ0v) is 10.7. The van der Waals surface area contributed by atoms with Crippen molar-refractivity contribution in [2.45, 2.75) is 32.9 Å². The lowest BCUT2D eigenvalue weighted by molar-refractivity contribution is -0.117. The summed E-state index contributed by atoms with van der Waals surface area (Å²) in [4.78, 5) is 14.0. The first-order valence-electron chi connectivity index (χ1n) is 5.82. The summed E-state index contributed by atoms with van der Waals surface area (Å²) in [6.45, 7) is 6.06. The average Bonchev–Trinajstić information content (AvgIpc) is 2.29. The van der Waals surface area contributed by atoms with Crippen LogP contribution in [0.25, 0.3) is 0 Å². The third-order valence-electron chi connectivity index (χ3n) is 3.09. The van der Waals surface area contributed by atoms with Gasteiger partial charge in [-0.05, 0) is 32.9 Å². The van der Waals surface area contributed by atoms with Gasteiger partial charge in [0.25, 0.3) is 0 Å². The van der Waals surface area contributed by atoms with Crippen molar-refractivity contribution < 1.29 is 9.53 Å². The van der Waals surface area contributed by atoms with E-state index in [0.29, 0.717) is 0 Å². The van der Waals surface area contributed by atoms with E-state index in [1.54, 1.807) is 7.11 Å². The Morgan fingerprint density at radius 2 is 2.12 bits per heavy atom. The van der Waals surface area contributed by atoms with Gasteiger partial charge in [-0.15, -0.1) is 0 Å². The van der Waals surface area contributed by atoms with Crippen LogP contribution in [-0.4, -0.2) is 25.1 Å². The van der Waals surface area contributed by atoms with Crippen molar-refractivity contribution in [2.75, 3.05) is 17.3 Å². The van der Waals surface area contributed by atoms with Crippen LogP contribution >= 0.6 is 0 Å². The van der Waals surface area contributed by atoms with E-state index < -0.39 is 0 Å². The highest BCUT2D eigenvalue weighted by atomic mass is 16.5. The summed E-state index contributed by atoms with van der Waals surface area (Å²) in [6, 6.07) is 5.76. The van der Waals surface area contributed by atoms with Gasteiger partial charge in [0, 0.05) is 6.04 Å². The fourth-order valence-electron chi connectivity index (χ4n) is 2.32. The van der Waals surface area contributed by atoms with E-state index in [0.717, 1.165) is 17.1 Å². The zero-order chi connectivity index (χ0) is 12.6. The lowest BCUT2D eigenvalue weighted by Gasteiger charge is -2.39. The second-order valence-corrected chi connectivity index (χ2v) is 4.52. The van der Waals surface area contributed by atoms with Gasteiger partial charge in [0.2, 0.25) is 5.91 Å². The minimum Gasteiger partial charge on any atom is -0.495 e. The smallest absolute Gasteiger partial charge is 0.246 e. The minimum absolute atomic E-state index is 0.0273. The number of methoxy groups -OCH3 is 1. The van der Waals surface area contributed by atoms with Gasteiger partial charge >= 0.3 is 0 Å². The maximum absolute atomic E-state index is 11.9. The van der Waals surface area contributed by atoms with Crippen LogP contribution in [-0.2, 0) is 4.79 Å². The van der Waals surface area contributed by atoms with Gasteiger partial charge in [-0.25, -0.2) is 0 Å². The minimum atomic E-state index is -0.182. The molecule has 1 atom stereocenters. The maximum Gasteiger partial charge on any atom is 0.246 e. The highest BCUT2D eigenvalue weighted by Gasteiger charge is 2.33. The molecule has 0 radical (unpaired) electrons. The molecule has 0 saturated heterocycles. The second-order valence-electron chi connectivity index (χ2n) is 4.52. The largest absolute Gasteiger partial charge is 0.495 e. The van der Waals surface area contributed by atoms with Crippen LogP contribution in [0, 0.1) is 0 Å². The molecule has 0 bridgehead atoms. The fourth-order valence-corrected chi connectivity index (χ4v) is 2.32. The molecule has 1 amide bonds. The Labute approximate surface area is 102 Å². The first kappa shape index (κ1) is 11.8. The quantitative estimate of drug-likeness (QED) is 0.853. The topological polar surface area (TPSA) is 41.6 Å². The number of hydrogen-bond donors (Lipinski definition) is 1. The predicted octanol–water partition coefficient (Wildman–Crippen LogP) is 2.25. The third kappa shape index (κ3) is 1.84. The standard InChI is InChI=1S/C13H18N2O2/c1-8(2)15-9(3)13(16)14-10-6-5-7-11(17-4)12(10)15/h5-9H,1-4H3,(H,14,16). The van der Waals surface area contributed by atoms with Crippen molar-refractivity contribution in [3.63, 3.8) is 0 Å². The molecule has 4 heteroatoms. The van der Waals surface area contributed by atoms with E-state index in [1.165, 1.54) is 0 Å². The molecule has 1 unspecified atom stereocenters. The molecule has 1 aliphatic rings. The molecule has 2 rings (SSSR count). The molecule has 1 aromatic rings. The van der Waals surface area contributed by atoms with Gasteiger partial charge in [0.1, 0.15) is 17.5 Å². The number of benzene rings is 1. The molecule has 1 heterocycles. The van der Waals surface area contributed by atoms with Gasteiger partial charge < -0.3 is 15.0 Å². The second kappa shape index (κ2) is 4.28. The van der Waals surface area contributed by atoms with Crippen molar-refractivity contribution in [3.8, 4) is 5.75 Å². The molecule has 0 aromatic heterocycles. The number of ether oxygens (including phenoxy) is 1. The Hall–Kier alpha value is -1.71. The summed E-state index contributed by atoms with van der Waals surface area (Å²) in [5.41, 5.74) is 1.79. The number of amides is 1. The summed E-state index contributed by atoms with van der Waals surface area (Å²) in [5, 5.41) is 2.91. The monoisotopic (exact) mass is 234 g/mol. The van der Waals surface area contributed by atoms with E-state index in [9.17, 15) is 4.79 Å². The SMILES string of the molecule is COc1cccc2c1N(C(C)C)C(C)C(=O)N2. The molecule has 1 aliphatic heterocycles. The molecular formula is C13H18N2O2. The van der Waals surface area contributed by atoms with Crippen LogP contribution in [0.4, 0.5) is 11.4 Å². The summed E-state index contributed by atoms with van der Waals surface area (Å²) < 4.78 is 5.38. The molecule has 4 nitrogen and oxygen atoms in total. The maximum atomic E-state index is 11.9. The van der Waals surface area contributed by atoms with Crippen LogP contribution in [0.2, 0.25) is 0 Å². The molecule has 1 aromatic carbocycles. The molecule has 0 fully saturated rings. The van der Waals surface area contributed by atoms with Crippen LogP contribution < -0.4 is 15.0 Å². The Morgan fingerprint density at radius 3 is 2.71 bits per heavy atom. The van der Waals surface area contributed by atoms with Crippen LogP contribution in [0.5, 0.6) is 5.75 Å². The molecular weight excluding hydrogens is 216 g/mol. The van der Waals surface area contributed by atoms with E-state index in [1.807, 2.05) is 25.1 Å². The fraction of sp³-hybridized carbons (Fsp3) is 0.462. The number of carbonyl (C=O) groups excluding carboxylic acids is 1. The lowest BCUT2D eigenvalue weighted by atomic mass is 10.1. The van der Waals surface area contributed by atoms with Crippen LogP contribution in [0.15, 0.2) is 18.2 Å².